The van der Waals surface area contributed by atoms with Crippen LogP contribution in [0.4, 0.5) is 5.69 Å². The third-order valence-electron chi connectivity index (χ3n) is 5.42. The largest absolute Gasteiger partial charge is 0.353 e. The maximum atomic E-state index is 12.5. The van der Waals surface area contributed by atoms with Crippen LogP contribution in [0, 0.1) is 0 Å². The van der Waals surface area contributed by atoms with Crippen molar-refractivity contribution in [3.8, 4) is 0 Å². The van der Waals surface area contributed by atoms with E-state index in [4.69, 9.17) is 5.10 Å². The van der Waals surface area contributed by atoms with Gasteiger partial charge in [-0.05, 0) is 51.1 Å². The number of fused-ring (bicyclic) bond motifs is 3. The van der Waals surface area contributed by atoms with Gasteiger partial charge < -0.3 is 20.9 Å². The van der Waals surface area contributed by atoms with E-state index in [1.54, 1.807) is 6.07 Å². The molecule has 28 heavy (non-hydrogen) atoms. The molecule has 144 valence electrons. The van der Waals surface area contributed by atoms with Crippen molar-refractivity contribution >= 4 is 27.9 Å². The van der Waals surface area contributed by atoms with Crippen molar-refractivity contribution in [1.82, 2.24) is 25.2 Å². The Morgan fingerprint density at radius 1 is 1.25 bits per heavy atom. The lowest BCUT2D eigenvalue weighted by atomic mass is 9.94. The highest BCUT2D eigenvalue weighted by atomic mass is 16.1. The first-order valence-electron chi connectivity index (χ1n) is 9.68. The van der Waals surface area contributed by atoms with Crippen molar-refractivity contribution in [2.24, 2.45) is 4.99 Å². The minimum absolute atomic E-state index is 0.0924. The molecule has 3 aromatic rings. The number of piperidine rings is 1. The van der Waals surface area contributed by atoms with E-state index in [-0.39, 0.29) is 11.8 Å². The quantitative estimate of drug-likeness (QED) is 0.559. The van der Waals surface area contributed by atoms with E-state index in [1.807, 2.05) is 41.9 Å². The molecular weight excluding hydrogens is 354 g/mol. The van der Waals surface area contributed by atoms with Gasteiger partial charge in [0.25, 0.3) is 5.56 Å². The molecule has 2 aromatic heterocycles. The molecular formula is C20H23N7O. The monoisotopic (exact) mass is 377 g/mol. The fourth-order valence-electron chi connectivity index (χ4n) is 4.08. The lowest BCUT2D eigenvalue weighted by molar-refractivity contribution is 0.446. The summed E-state index contributed by atoms with van der Waals surface area (Å²) in [5.74, 6) is 0.328. The van der Waals surface area contributed by atoms with Gasteiger partial charge in [0.15, 0.2) is 6.29 Å². The van der Waals surface area contributed by atoms with Gasteiger partial charge in [-0.15, -0.1) is 0 Å². The lowest BCUT2D eigenvalue weighted by Crippen LogP contribution is -2.33. The minimum Gasteiger partial charge on any atom is -0.353 e. The molecule has 1 saturated heterocycles. The predicted octanol–water partition coefficient (Wildman–Crippen LogP) is 1.92. The second-order valence-electron chi connectivity index (χ2n) is 7.36. The molecule has 0 radical (unpaired) electrons. The Kier molecular flexibility index (Phi) is 4.12. The van der Waals surface area contributed by atoms with Gasteiger partial charge in [0, 0.05) is 23.9 Å². The van der Waals surface area contributed by atoms with Crippen LogP contribution in [0.25, 0.3) is 16.6 Å². The number of aliphatic imine (C=N–C) groups is 1. The number of nitrogens with one attached hydrogen (secondary N) is 4. The first-order valence-corrected chi connectivity index (χ1v) is 9.68. The number of hydrogen-bond donors (Lipinski definition) is 4. The highest BCUT2D eigenvalue weighted by Crippen LogP contribution is 2.30. The first kappa shape index (κ1) is 17.0. The van der Waals surface area contributed by atoms with Gasteiger partial charge in [-0.2, -0.15) is 5.10 Å². The number of benzene rings is 1. The topological polar surface area (TPSA) is 98.6 Å². The number of allylic oxidation sites excluding steroid dienone is 1. The zero-order chi connectivity index (χ0) is 19.1. The van der Waals surface area contributed by atoms with E-state index in [1.165, 1.54) is 0 Å². The molecule has 0 aliphatic carbocycles. The van der Waals surface area contributed by atoms with E-state index >= 15 is 0 Å². The first-order chi connectivity index (χ1) is 13.7. The van der Waals surface area contributed by atoms with Gasteiger partial charge in [0.2, 0.25) is 0 Å². The molecule has 1 aromatic carbocycles. The van der Waals surface area contributed by atoms with Crippen molar-refractivity contribution in [3.05, 3.63) is 52.6 Å². The average molecular weight is 377 g/mol. The number of aromatic nitrogens is 3. The number of anilines is 1. The van der Waals surface area contributed by atoms with Crippen LogP contribution in [0.1, 0.15) is 31.4 Å². The van der Waals surface area contributed by atoms with Crippen molar-refractivity contribution in [2.75, 3.05) is 18.4 Å². The molecule has 0 spiro atoms. The van der Waals surface area contributed by atoms with E-state index in [2.05, 4.69) is 25.9 Å². The summed E-state index contributed by atoms with van der Waals surface area (Å²) in [6.45, 7) is 3.89. The Morgan fingerprint density at radius 2 is 2.11 bits per heavy atom. The fraction of sp³-hybridized carbons (Fsp3) is 0.350. The van der Waals surface area contributed by atoms with Crippen molar-refractivity contribution < 1.29 is 0 Å². The Bertz CT molecular complexity index is 1150. The van der Waals surface area contributed by atoms with E-state index < -0.39 is 0 Å². The maximum absolute atomic E-state index is 12.5. The summed E-state index contributed by atoms with van der Waals surface area (Å²) in [6.07, 6.45) is 5.56. The summed E-state index contributed by atoms with van der Waals surface area (Å²) < 4.78 is 1.91. The predicted molar refractivity (Wildman–Crippen MR) is 111 cm³/mol. The Labute approximate surface area is 161 Å². The zero-order valence-corrected chi connectivity index (χ0v) is 15.7. The Balaban J connectivity index is 1.65. The SMILES string of the molecule is CC1=NC(Nc2cccc3nn4c(C5CCNCC5)cc(=O)[nH]c4c23)NC=C1. The number of rotatable bonds is 3. The molecule has 4 heterocycles. The molecule has 0 amide bonds. The van der Waals surface area contributed by atoms with Gasteiger partial charge in [-0.1, -0.05) is 6.07 Å². The van der Waals surface area contributed by atoms with Gasteiger partial charge in [-0.25, -0.2) is 9.51 Å². The molecule has 8 heteroatoms. The Morgan fingerprint density at radius 3 is 2.93 bits per heavy atom. The highest BCUT2D eigenvalue weighted by Gasteiger charge is 2.22. The molecule has 0 bridgehead atoms. The van der Waals surface area contributed by atoms with Crippen molar-refractivity contribution in [2.45, 2.75) is 32.0 Å². The van der Waals surface area contributed by atoms with Gasteiger partial charge in [-0.3, -0.25) is 4.79 Å². The smallest absolute Gasteiger partial charge is 0.251 e. The summed E-state index contributed by atoms with van der Waals surface area (Å²) in [4.78, 5) is 20.0. The molecule has 2 aliphatic heterocycles. The lowest BCUT2D eigenvalue weighted by Gasteiger charge is -2.23. The second kappa shape index (κ2) is 6.79. The van der Waals surface area contributed by atoms with Crippen molar-refractivity contribution in [3.63, 3.8) is 0 Å². The molecule has 1 atom stereocenters. The molecule has 0 saturated carbocycles. The summed E-state index contributed by atoms with van der Waals surface area (Å²) >= 11 is 0. The summed E-state index contributed by atoms with van der Waals surface area (Å²) in [5, 5.41) is 15.7. The third kappa shape index (κ3) is 2.95. The van der Waals surface area contributed by atoms with Crippen molar-refractivity contribution in [1.29, 1.82) is 0 Å². The minimum atomic E-state index is -0.259. The van der Waals surface area contributed by atoms with Crippen LogP contribution in [-0.4, -0.2) is 39.7 Å². The van der Waals surface area contributed by atoms with Gasteiger partial charge >= 0.3 is 0 Å². The number of H-pyrrole nitrogens is 1. The van der Waals surface area contributed by atoms with Crippen LogP contribution in [0.15, 0.2) is 46.3 Å². The number of nitrogens with zero attached hydrogens (tertiary/aromatic N) is 3. The van der Waals surface area contributed by atoms with E-state index in [0.717, 1.165) is 59.6 Å². The highest BCUT2D eigenvalue weighted by molar-refractivity contribution is 6.02. The normalized spacial score (nSPS) is 20.3. The molecule has 1 fully saturated rings. The summed E-state index contributed by atoms with van der Waals surface area (Å²) in [6, 6.07) is 7.63. The number of aromatic amines is 1. The van der Waals surface area contributed by atoms with Crippen LogP contribution in [0.2, 0.25) is 0 Å². The van der Waals surface area contributed by atoms with E-state index in [0.29, 0.717) is 5.92 Å². The molecule has 1 unspecified atom stereocenters. The van der Waals surface area contributed by atoms with Crippen LogP contribution in [0.5, 0.6) is 0 Å². The van der Waals surface area contributed by atoms with Crippen LogP contribution in [0.3, 0.4) is 0 Å². The maximum Gasteiger partial charge on any atom is 0.251 e. The number of hydrogen-bond acceptors (Lipinski definition) is 6. The molecule has 8 nitrogen and oxygen atoms in total. The molecule has 4 N–H and O–H groups in total. The van der Waals surface area contributed by atoms with Crippen LogP contribution in [-0.2, 0) is 0 Å². The average Bonchev–Trinajstić information content (AvgIpc) is 3.07. The zero-order valence-electron chi connectivity index (χ0n) is 15.7. The molecule has 5 rings (SSSR count). The van der Waals surface area contributed by atoms with Crippen LogP contribution < -0.4 is 21.5 Å². The van der Waals surface area contributed by atoms with Gasteiger partial charge in [0.05, 0.1) is 22.3 Å². The Hall–Kier alpha value is -3.13. The van der Waals surface area contributed by atoms with E-state index in [9.17, 15) is 4.79 Å². The standard InChI is InChI=1S/C20H23N7O/c1-12-5-10-22-20(23-12)24-14-3-2-4-15-18(14)19-25-17(28)11-16(27(19)26-15)13-6-8-21-9-7-13/h2-5,10-11,13,20-22,24H,6-9H2,1H3,(H,25,28). The third-order valence-corrected chi connectivity index (χ3v) is 5.42. The van der Waals surface area contributed by atoms with Gasteiger partial charge in [0.1, 0.15) is 5.65 Å². The molecule has 2 aliphatic rings. The summed E-state index contributed by atoms with van der Waals surface area (Å²) in [7, 11) is 0. The second-order valence-corrected chi connectivity index (χ2v) is 7.36. The fourth-order valence-corrected chi connectivity index (χ4v) is 4.08. The van der Waals surface area contributed by atoms with Crippen LogP contribution >= 0.6 is 0 Å². The summed E-state index contributed by atoms with van der Waals surface area (Å²) in [5.41, 5.74) is 4.29.